The van der Waals surface area contributed by atoms with Crippen LogP contribution in [0.3, 0.4) is 0 Å². The largest absolute Gasteiger partial charge is 0.422 e. The van der Waals surface area contributed by atoms with Crippen LogP contribution in [0, 0.1) is 6.92 Å². The fourth-order valence-electron chi connectivity index (χ4n) is 3.45. The Bertz CT molecular complexity index is 1540. The highest BCUT2D eigenvalue weighted by Crippen LogP contribution is 2.23. The molecule has 0 aromatic heterocycles. The van der Waals surface area contributed by atoms with Crippen LogP contribution >= 0.6 is 31.9 Å². The van der Waals surface area contributed by atoms with Crippen molar-refractivity contribution >= 4 is 61.5 Å². The second-order valence-corrected chi connectivity index (χ2v) is 9.98. The molecule has 0 aliphatic heterocycles. The monoisotopic (exact) mass is 633 g/mol. The Kier molecular flexibility index (Phi) is 8.83. The van der Waals surface area contributed by atoms with E-state index in [4.69, 9.17) is 4.74 Å². The van der Waals surface area contributed by atoms with Crippen molar-refractivity contribution in [2.75, 3.05) is 5.32 Å². The van der Waals surface area contributed by atoms with Gasteiger partial charge in [-0.1, -0.05) is 61.7 Å². The number of ether oxygens (including phenoxy) is 1. The summed E-state index contributed by atoms with van der Waals surface area (Å²) in [5.41, 5.74) is 5.34. The number of hydrazone groups is 1. The SMILES string of the molecule is Cc1cccc(C(=O)Nc2ccccc2C(=O)N/N=C\c2cc(Br)ccc2OC(=O)c2ccc(Br)cc2)c1. The molecule has 4 rings (SSSR count). The molecule has 4 aromatic rings. The first kappa shape index (κ1) is 27.0. The quantitative estimate of drug-likeness (QED) is 0.102. The number of rotatable bonds is 7. The number of hydrogen-bond acceptors (Lipinski definition) is 5. The number of nitrogens with zero attached hydrogens (tertiary/aromatic N) is 1. The highest BCUT2D eigenvalue weighted by molar-refractivity contribution is 9.10. The number of anilines is 1. The lowest BCUT2D eigenvalue weighted by molar-refractivity contribution is 0.0733. The van der Waals surface area contributed by atoms with E-state index in [0.717, 1.165) is 14.5 Å². The Morgan fingerprint density at radius 2 is 1.53 bits per heavy atom. The van der Waals surface area contributed by atoms with Crippen LogP contribution in [0.4, 0.5) is 5.69 Å². The molecule has 38 heavy (non-hydrogen) atoms. The van der Waals surface area contributed by atoms with Gasteiger partial charge in [-0.15, -0.1) is 0 Å². The third-order valence-corrected chi connectivity index (χ3v) is 6.35. The van der Waals surface area contributed by atoms with Crippen LogP contribution in [0.5, 0.6) is 5.75 Å². The van der Waals surface area contributed by atoms with Crippen molar-refractivity contribution in [3.05, 3.63) is 128 Å². The molecule has 0 atom stereocenters. The average molecular weight is 635 g/mol. The first-order valence-electron chi connectivity index (χ1n) is 11.4. The van der Waals surface area contributed by atoms with Crippen molar-refractivity contribution in [1.82, 2.24) is 5.43 Å². The van der Waals surface area contributed by atoms with E-state index in [-0.39, 0.29) is 17.2 Å². The summed E-state index contributed by atoms with van der Waals surface area (Å²) in [6, 6.07) is 25.6. The molecule has 0 bridgehead atoms. The van der Waals surface area contributed by atoms with Crippen LogP contribution in [0.1, 0.15) is 42.2 Å². The highest BCUT2D eigenvalue weighted by atomic mass is 79.9. The maximum atomic E-state index is 12.9. The van der Waals surface area contributed by atoms with Gasteiger partial charge in [-0.2, -0.15) is 5.10 Å². The molecule has 0 unspecified atom stereocenters. The second-order valence-electron chi connectivity index (χ2n) is 8.15. The van der Waals surface area contributed by atoms with Gasteiger partial charge in [0.15, 0.2) is 0 Å². The third kappa shape index (κ3) is 7.02. The molecule has 4 aromatic carbocycles. The maximum absolute atomic E-state index is 12.9. The Hall–Kier alpha value is -4.08. The van der Waals surface area contributed by atoms with Gasteiger partial charge in [0.1, 0.15) is 5.75 Å². The summed E-state index contributed by atoms with van der Waals surface area (Å²) >= 11 is 6.73. The number of nitrogens with one attached hydrogen (secondary N) is 2. The van der Waals surface area contributed by atoms with E-state index < -0.39 is 11.9 Å². The van der Waals surface area contributed by atoms with Gasteiger partial charge in [0.2, 0.25) is 0 Å². The number of benzene rings is 4. The van der Waals surface area contributed by atoms with Crippen LogP contribution in [0.2, 0.25) is 0 Å². The molecule has 0 saturated carbocycles. The van der Waals surface area contributed by atoms with Gasteiger partial charge in [0, 0.05) is 20.1 Å². The first-order chi connectivity index (χ1) is 18.3. The van der Waals surface area contributed by atoms with Crippen LogP contribution in [0.25, 0.3) is 0 Å². The predicted octanol–water partition coefficient (Wildman–Crippen LogP) is 6.76. The first-order valence-corrected chi connectivity index (χ1v) is 13.0. The molecule has 0 heterocycles. The molecule has 2 amide bonds. The molecule has 190 valence electrons. The second kappa shape index (κ2) is 12.4. The summed E-state index contributed by atoms with van der Waals surface area (Å²) in [6.07, 6.45) is 1.38. The summed E-state index contributed by atoms with van der Waals surface area (Å²) < 4.78 is 7.13. The van der Waals surface area contributed by atoms with E-state index in [1.807, 2.05) is 13.0 Å². The van der Waals surface area contributed by atoms with Crippen molar-refractivity contribution in [2.24, 2.45) is 5.10 Å². The average Bonchev–Trinajstić information content (AvgIpc) is 2.90. The van der Waals surface area contributed by atoms with Gasteiger partial charge in [-0.05, 0) is 73.7 Å². The molecular formula is C29H21Br2N3O4. The lowest BCUT2D eigenvalue weighted by Gasteiger charge is -2.11. The summed E-state index contributed by atoms with van der Waals surface area (Å²) in [6.45, 7) is 1.90. The number of hydrogen-bond donors (Lipinski definition) is 2. The van der Waals surface area contributed by atoms with Gasteiger partial charge >= 0.3 is 5.97 Å². The summed E-state index contributed by atoms with van der Waals surface area (Å²) in [5.74, 6) is -1.12. The van der Waals surface area contributed by atoms with E-state index in [9.17, 15) is 14.4 Å². The lowest BCUT2D eigenvalue weighted by atomic mass is 10.1. The van der Waals surface area contributed by atoms with Crippen molar-refractivity contribution < 1.29 is 19.1 Å². The zero-order valence-electron chi connectivity index (χ0n) is 20.1. The van der Waals surface area contributed by atoms with Gasteiger partial charge in [-0.25, -0.2) is 10.2 Å². The van der Waals surface area contributed by atoms with Crippen molar-refractivity contribution in [3.8, 4) is 5.75 Å². The standard InChI is InChI=1S/C29H21Br2N3O4/c1-18-5-4-6-20(15-18)27(35)33-25-8-3-2-7-24(25)28(36)34-32-17-21-16-23(31)13-14-26(21)38-29(37)19-9-11-22(30)12-10-19/h2-17H,1H3,(H,33,35)(H,34,36)/b32-17-. The molecule has 0 fully saturated rings. The van der Waals surface area contributed by atoms with E-state index in [1.54, 1.807) is 84.9 Å². The van der Waals surface area contributed by atoms with E-state index in [0.29, 0.717) is 22.4 Å². The van der Waals surface area contributed by atoms with Crippen molar-refractivity contribution in [2.45, 2.75) is 6.92 Å². The molecular weight excluding hydrogens is 614 g/mol. The molecule has 0 radical (unpaired) electrons. The van der Waals surface area contributed by atoms with E-state index in [2.05, 4.69) is 47.7 Å². The van der Waals surface area contributed by atoms with Crippen LogP contribution in [-0.4, -0.2) is 24.0 Å². The Labute approximate surface area is 236 Å². The maximum Gasteiger partial charge on any atom is 0.343 e. The summed E-state index contributed by atoms with van der Waals surface area (Å²) in [4.78, 5) is 38.2. The third-order valence-electron chi connectivity index (χ3n) is 5.32. The molecule has 0 saturated heterocycles. The Morgan fingerprint density at radius 1 is 0.789 bits per heavy atom. The number of carbonyl (C=O) groups is 3. The zero-order valence-corrected chi connectivity index (χ0v) is 23.2. The van der Waals surface area contributed by atoms with Crippen LogP contribution in [-0.2, 0) is 0 Å². The topological polar surface area (TPSA) is 96.9 Å². The van der Waals surface area contributed by atoms with Crippen LogP contribution in [0.15, 0.2) is 105 Å². The van der Waals surface area contributed by atoms with Gasteiger partial charge in [-0.3, -0.25) is 9.59 Å². The van der Waals surface area contributed by atoms with Gasteiger partial charge in [0.25, 0.3) is 11.8 Å². The van der Waals surface area contributed by atoms with Gasteiger partial charge < -0.3 is 10.1 Å². The number of aryl methyl sites for hydroxylation is 1. The predicted molar refractivity (Wildman–Crippen MR) is 154 cm³/mol. The Morgan fingerprint density at radius 3 is 2.29 bits per heavy atom. The summed E-state index contributed by atoms with van der Waals surface area (Å²) in [7, 11) is 0. The van der Waals surface area contributed by atoms with Gasteiger partial charge in [0.05, 0.1) is 23.0 Å². The van der Waals surface area contributed by atoms with Crippen LogP contribution < -0.4 is 15.5 Å². The molecule has 7 nitrogen and oxygen atoms in total. The summed E-state index contributed by atoms with van der Waals surface area (Å²) in [5, 5.41) is 6.83. The fraction of sp³-hybridized carbons (Fsp3) is 0.0345. The molecule has 9 heteroatoms. The number of amides is 2. The minimum atomic E-state index is -0.531. The number of esters is 1. The fourth-order valence-corrected chi connectivity index (χ4v) is 4.09. The highest BCUT2D eigenvalue weighted by Gasteiger charge is 2.15. The Balaban J connectivity index is 1.47. The van der Waals surface area contributed by atoms with E-state index >= 15 is 0 Å². The molecule has 0 aliphatic carbocycles. The molecule has 0 aliphatic rings. The smallest absolute Gasteiger partial charge is 0.343 e. The lowest BCUT2D eigenvalue weighted by Crippen LogP contribution is -2.21. The zero-order chi connectivity index (χ0) is 27.1. The number of para-hydroxylation sites is 1. The normalized spacial score (nSPS) is 10.7. The van der Waals surface area contributed by atoms with Crippen molar-refractivity contribution in [3.63, 3.8) is 0 Å². The number of halogens is 2. The minimum absolute atomic E-state index is 0.238. The molecule has 2 N–H and O–H groups in total. The van der Waals surface area contributed by atoms with Crippen molar-refractivity contribution in [1.29, 1.82) is 0 Å². The molecule has 0 spiro atoms. The number of carbonyl (C=O) groups excluding carboxylic acids is 3. The van der Waals surface area contributed by atoms with E-state index in [1.165, 1.54) is 6.21 Å². The minimum Gasteiger partial charge on any atom is -0.422 e.